The smallest absolute Gasteiger partial charge is 0.262 e. The summed E-state index contributed by atoms with van der Waals surface area (Å²) in [6, 6.07) is 13.3. The minimum Gasteiger partial charge on any atom is -0.352 e. The fraction of sp³-hybridized carbons (Fsp3) is 0.500. The van der Waals surface area contributed by atoms with Crippen molar-refractivity contribution >= 4 is 28.4 Å². The Kier molecular flexibility index (Phi) is 7.68. The number of benzene rings is 2. The van der Waals surface area contributed by atoms with Crippen LogP contribution in [0.15, 0.2) is 47.3 Å². The Labute approximate surface area is 224 Å². The van der Waals surface area contributed by atoms with E-state index in [-0.39, 0.29) is 24.1 Å². The maximum absolute atomic E-state index is 13.8. The second-order valence-electron chi connectivity index (χ2n) is 11.4. The Balaban J connectivity index is 1.41. The van der Waals surface area contributed by atoms with Crippen molar-refractivity contribution in [2.24, 2.45) is 11.8 Å². The molecule has 5 rings (SSSR count). The van der Waals surface area contributed by atoms with Crippen LogP contribution in [-0.4, -0.2) is 46.0 Å². The number of likely N-dealkylation sites (tertiary alicyclic amines) is 1. The summed E-state index contributed by atoms with van der Waals surface area (Å²) in [5, 5.41) is 4.01. The second-order valence-corrected chi connectivity index (χ2v) is 11.8. The predicted molar refractivity (Wildman–Crippen MR) is 150 cm³/mol. The molecular weight excluding hydrogens is 484 g/mol. The summed E-state index contributed by atoms with van der Waals surface area (Å²) in [4.78, 5) is 33.9. The van der Waals surface area contributed by atoms with Gasteiger partial charge in [0.15, 0.2) is 0 Å². The van der Waals surface area contributed by atoms with E-state index in [4.69, 9.17) is 16.6 Å². The van der Waals surface area contributed by atoms with Crippen molar-refractivity contribution < 1.29 is 4.79 Å². The number of nitrogens with one attached hydrogen (secondary N) is 1. The molecule has 7 heteroatoms. The Morgan fingerprint density at radius 3 is 2.59 bits per heavy atom. The van der Waals surface area contributed by atoms with Crippen LogP contribution >= 0.6 is 11.6 Å². The lowest BCUT2D eigenvalue weighted by atomic mass is 9.71. The molecule has 0 unspecified atom stereocenters. The third-order valence-electron chi connectivity index (χ3n) is 7.91. The largest absolute Gasteiger partial charge is 0.352 e. The number of aromatic nitrogens is 2. The summed E-state index contributed by atoms with van der Waals surface area (Å²) < 4.78 is 1.48. The van der Waals surface area contributed by atoms with Crippen molar-refractivity contribution in [3.8, 4) is 11.4 Å². The molecule has 1 saturated heterocycles. The van der Waals surface area contributed by atoms with Crippen LogP contribution in [0, 0.1) is 11.8 Å². The lowest BCUT2D eigenvalue weighted by molar-refractivity contribution is -0.122. The maximum Gasteiger partial charge on any atom is 0.262 e. The Bertz CT molecular complexity index is 1340. The molecule has 0 spiro atoms. The van der Waals surface area contributed by atoms with Gasteiger partial charge in [0.2, 0.25) is 5.91 Å². The van der Waals surface area contributed by atoms with Crippen molar-refractivity contribution in [2.45, 2.75) is 65.0 Å². The number of piperidine rings is 1. The average molecular weight is 521 g/mol. The van der Waals surface area contributed by atoms with Gasteiger partial charge in [-0.2, -0.15) is 0 Å². The fourth-order valence-electron chi connectivity index (χ4n) is 5.77. The van der Waals surface area contributed by atoms with Gasteiger partial charge < -0.3 is 10.2 Å². The summed E-state index contributed by atoms with van der Waals surface area (Å²) in [6.45, 7) is 9.72. The lowest BCUT2D eigenvalue weighted by Crippen LogP contribution is -2.40. The molecule has 0 bridgehead atoms. The van der Waals surface area contributed by atoms with E-state index in [1.54, 1.807) is 12.1 Å². The van der Waals surface area contributed by atoms with Gasteiger partial charge in [0, 0.05) is 23.2 Å². The summed E-state index contributed by atoms with van der Waals surface area (Å²) in [5.74, 6) is 2.30. The van der Waals surface area contributed by atoms with E-state index in [9.17, 15) is 9.59 Å². The minimum absolute atomic E-state index is 0.0160. The number of amides is 1. The molecule has 1 N–H and O–H groups in total. The Morgan fingerprint density at radius 2 is 1.89 bits per heavy atom. The zero-order valence-electron chi connectivity index (χ0n) is 22.0. The van der Waals surface area contributed by atoms with Crippen molar-refractivity contribution in [3.05, 3.63) is 63.4 Å². The Hall–Kier alpha value is -2.70. The van der Waals surface area contributed by atoms with Gasteiger partial charge in [0.05, 0.1) is 10.9 Å². The zero-order valence-corrected chi connectivity index (χ0v) is 22.8. The van der Waals surface area contributed by atoms with Crippen LogP contribution in [0.2, 0.25) is 5.02 Å². The third kappa shape index (κ3) is 5.91. The van der Waals surface area contributed by atoms with Gasteiger partial charge in [0.1, 0.15) is 12.4 Å². The van der Waals surface area contributed by atoms with Crippen molar-refractivity contribution in [2.75, 3.05) is 19.6 Å². The van der Waals surface area contributed by atoms with Crippen molar-refractivity contribution in [1.29, 1.82) is 0 Å². The van der Waals surface area contributed by atoms with Gasteiger partial charge in [-0.1, -0.05) is 36.7 Å². The molecule has 2 fully saturated rings. The molecule has 2 aliphatic rings. The third-order valence-corrected chi connectivity index (χ3v) is 8.15. The molecule has 1 aromatic heterocycles. The van der Waals surface area contributed by atoms with Gasteiger partial charge in [-0.05, 0) is 100 Å². The number of hydrogen-bond donors (Lipinski definition) is 1. The number of rotatable bonds is 7. The molecule has 0 radical (unpaired) electrons. The summed E-state index contributed by atoms with van der Waals surface area (Å²) in [6.07, 6.45) is 4.95. The molecule has 3 aromatic rings. The van der Waals surface area contributed by atoms with E-state index in [2.05, 4.69) is 23.2 Å². The molecule has 1 aliphatic heterocycles. The summed E-state index contributed by atoms with van der Waals surface area (Å²) in [7, 11) is 0. The van der Waals surface area contributed by atoms with Gasteiger partial charge in [-0.3, -0.25) is 14.2 Å². The molecule has 2 aromatic carbocycles. The number of halogens is 1. The standard InChI is InChI=1S/C30H37ClN4O2/c1-19(2)32-28(36)18-35-29(23-5-4-6-25(31)15-23)33-27-8-7-22(16-26(27)30(35)37)24-13-21(14-24)17-34-11-9-20(3)10-12-34/h4-8,15-16,19-21,24H,9-14,17-18H2,1-3H3,(H,32,36)/t21-,24-. The van der Waals surface area contributed by atoms with Crippen LogP contribution < -0.4 is 10.9 Å². The average Bonchev–Trinajstić information content (AvgIpc) is 2.83. The SMILES string of the molecule is CC1CCN(C[C@H]2C[C@H](c3ccc4nc(-c5cccc(Cl)c5)n(CC(=O)NC(C)C)c(=O)c4c3)C2)CC1. The van der Waals surface area contributed by atoms with Crippen LogP contribution in [-0.2, 0) is 11.3 Å². The quantitative estimate of drug-likeness (QED) is 0.448. The number of carbonyl (C=O) groups excluding carboxylic acids is 1. The highest BCUT2D eigenvalue weighted by Crippen LogP contribution is 2.42. The molecule has 1 aliphatic carbocycles. The first-order valence-electron chi connectivity index (χ1n) is 13.6. The zero-order chi connectivity index (χ0) is 26.1. The number of nitrogens with zero attached hydrogens (tertiary/aromatic N) is 3. The molecule has 0 atom stereocenters. The van der Waals surface area contributed by atoms with E-state index in [0.29, 0.717) is 33.2 Å². The molecule has 196 valence electrons. The monoisotopic (exact) mass is 520 g/mol. The van der Waals surface area contributed by atoms with Crippen LogP contribution in [0.3, 0.4) is 0 Å². The van der Waals surface area contributed by atoms with Crippen LogP contribution in [0.25, 0.3) is 22.3 Å². The van der Waals surface area contributed by atoms with E-state index in [1.807, 2.05) is 38.1 Å². The van der Waals surface area contributed by atoms with Gasteiger partial charge >= 0.3 is 0 Å². The normalized spacial score (nSPS) is 20.8. The van der Waals surface area contributed by atoms with Crippen LogP contribution in [0.4, 0.5) is 0 Å². The van der Waals surface area contributed by atoms with Gasteiger partial charge in [-0.15, -0.1) is 0 Å². The highest BCUT2D eigenvalue weighted by molar-refractivity contribution is 6.30. The molecule has 1 saturated carbocycles. The van der Waals surface area contributed by atoms with Gasteiger partial charge in [0.25, 0.3) is 5.56 Å². The highest BCUT2D eigenvalue weighted by atomic mass is 35.5. The van der Waals surface area contributed by atoms with Gasteiger partial charge in [-0.25, -0.2) is 4.98 Å². The van der Waals surface area contributed by atoms with E-state index >= 15 is 0 Å². The predicted octanol–water partition coefficient (Wildman–Crippen LogP) is 5.47. The Morgan fingerprint density at radius 1 is 1.14 bits per heavy atom. The maximum atomic E-state index is 13.8. The van der Waals surface area contributed by atoms with Crippen LogP contribution in [0.1, 0.15) is 57.9 Å². The van der Waals surface area contributed by atoms with Crippen molar-refractivity contribution in [1.82, 2.24) is 19.8 Å². The van der Waals surface area contributed by atoms with Crippen molar-refractivity contribution in [3.63, 3.8) is 0 Å². The topological polar surface area (TPSA) is 67.2 Å². The van der Waals surface area contributed by atoms with E-state index < -0.39 is 0 Å². The lowest BCUT2D eigenvalue weighted by Gasteiger charge is -2.40. The first-order valence-corrected chi connectivity index (χ1v) is 14.0. The molecular formula is C30H37ClN4O2. The fourth-order valence-corrected chi connectivity index (χ4v) is 5.96. The summed E-state index contributed by atoms with van der Waals surface area (Å²) >= 11 is 6.24. The van der Waals surface area contributed by atoms with E-state index in [1.165, 1.54) is 42.6 Å². The highest BCUT2D eigenvalue weighted by Gasteiger charge is 2.32. The number of fused-ring (bicyclic) bond motifs is 1. The van der Waals surface area contributed by atoms with E-state index in [0.717, 1.165) is 24.7 Å². The second kappa shape index (κ2) is 11.0. The molecule has 2 heterocycles. The molecule has 1 amide bonds. The number of carbonyl (C=O) groups is 1. The molecule has 6 nitrogen and oxygen atoms in total. The first-order chi connectivity index (χ1) is 17.8. The van der Waals surface area contributed by atoms with Crippen LogP contribution in [0.5, 0.6) is 0 Å². The molecule has 37 heavy (non-hydrogen) atoms. The first kappa shape index (κ1) is 25.9. The number of hydrogen-bond acceptors (Lipinski definition) is 4. The summed E-state index contributed by atoms with van der Waals surface area (Å²) in [5.41, 5.74) is 2.35. The minimum atomic E-state index is -0.216.